The lowest BCUT2D eigenvalue weighted by atomic mass is 10.1. The Morgan fingerprint density at radius 3 is 2.90 bits per heavy atom. The molecule has 0 saturated heterocycles. The lowest BCUT2D eigenvalue weighted by molar-refractivity contribution is 0.0698. The van der Waals surface area contributed by atoms with E-state index in [0.717, 1.165) is 24.2 Å². The van der Waals surface area contributed by atoms with Crippen LogP contribution in [0.3, 0.4) is 0 Å². The van der Waals surface area contributed by atoms with Crippen LogP contribution in [0.1, 0.15) is 27.0 Å². The summed E-state index contributed by atoms with van der Waals surface area (Å²) >= 11 is 0. The van der Waals surface area contributed by atoms with E-state index in [9.17, 15) is 4.79 Å². The van der Waals surface area contributed by atoms with E-state index >= 15 is 0 Å². The Balaban J connectivity index is 1.95. The third-order valence-corrected chi connectivity index (χ3v) is 3.49. The van der Waals surface area contributed by atoms with Crippen LogP contribution >= 0.6 is 0 Å². The second kappa shape index (κ2) is 5.22. The standard InChI is InChI=1S/C17H14N2O2/c18-16-12(2-1-3-14(16)17(20)21)6-4-11-5-7-15-13(10-11)8-9-19-15/h1-3,5,7,10,19H,8-9,18H2,(H,20,21). The molecule has 1 aliphatic heterocycles. The molecule has 2 aromatic carbocycles. The Morgan fingerprint density at radius 2 is 2.10 bits per heavy atom. The highest BCUT2D eigenvalue weighted by atomic mass is 16.4. The first kappa shape index (κ1) is 13.1. The molecule has 2 aromatic rings. The van der Waals surface area contributed by atoms with Crippen LogP contribution in [0.4, 0.5) is 11.4 Å². The predicted molar refractivity (Wildman–Crippen MR) is 82.4 cm³/mol. The molecule has 0 bridgehead atoms. The molecule has 104 valence electrons. The number of anilines is 2. The lowest BCUT2D eigenvalue weighted by Gasteiger charge is -2.02. The van der Waals surface area contributed by atoms with Gasteiger partial charge < -0.3 is 16.2 Å². The fraction of sp³-hybridized carbons (Fsp3) is 0.118. The van der Waals surface area contributed by atoms with Gasteiger partial charge in [0, 0.05) is 23.4 Å². The zero-order valence-corrected chi connectivity index (χ0v) is 11.3. The van der Waals surface area contributed by atoms with Crippen molar-refractivity contribution < 1.29 is 9.90 Å². The lowest BCUT2D eigenvalue weighted by Crippen LogP contribution is -2.03. The zero-order chi connectivity index (χ0) is 14.8. The Morgan fingerprint density at radius 1 is 1.24 bits per heavy atom. The first-order valence-electron chi connectivity index (χ1n) is 6.66. The Hall–Kier alpha value is -2.93. The van der Waals surface area contributed by atoms with Crippen molar-refractivity contribution >= 4 is 17.3 Å². The fourth-order valence-corrected chi connectivity index (χ4v) is 2.38. The van der Waals surface area contributed by atoms with Gasteiger partial charge in [0.2, 0.25) is 0 Å². The van der Waals surface area contributed by atoms with E-state index in [1.54, 1.807) is 12.1 Å². The number of hydrogen-bond acceptors (Lipinski definition) is 3. The van der Waals surface area contributed by atoms with E-state index < -0.39 is 5.97 Å². The Labute approximate surface area is 122 Å². The van der Waals surface area contributed by atoms with Gasteiger partial charge in [0.05, 0.1) is 11.3 Å². The van der Waals surface area contributed by atoms with Gasteiger partial charge in [-0.2, -0.15) is 0 Å². The third-order valence-electron chi connectivity index (χ3n) is 3.49. The topological polar surface area (TPSA) is 75.3 Å². The SMILES string of the molecule is Nc1c(C#Cc2ccc3c(c2)CCN3)cccc1C(=O)O. The largest absolute Gasteiger partial charge is 0.478 e. The summed E-state index contributed by atoms with van der Waals surface area (Å²) in [6.07, 6.45) is 1.00. The molecule has 0 atom stereocenters. The number of nitrogens with one attached hydrogen (secondary N) is 1. The maximum absolute atomic E-state index is 11.0. The molecule has 0 radical (unpaired) electrons. The first-order valence-corrected chi connectivity index (χ1v) is 6.66. The molecule has 3 rings (SSSR count). The van der Waals surface area contributed by atoms with E-state index in [-0.39, 0.29) is 11.3 Å². The summed E-state index contributed by atoms with van der Waals surface area (Å²) in [6.45, 7) is 0.958. The summed E-state index contributed by atoms with van der Waals surface area (Å²) < 4.78 is 0. The van der Waals surface area contributed by atoms with Crippen LogP contribution in [0.5, 0.6) is 0 Å². The van der Waals surface area contributed by atoms with Crippen LogP contribution in [-0.2, 0) is 6.42 Å². The number of aromatic carboxylic acids is 1. The molecule has 0 aromatic heterocycles. The van der Waals surface area contributed by atoms with Crippen molar-refractivity contribution in [1.82, 2.24) is 0 Å². The molecule has 0 unspecified atom stereocenters. The predicted octanol–water partition coefficient (Wildman–Crippen LogP) is 2.33. The Kier molecular flexibility index (Phi) is 3.25. The number of hydrogen-bond donors (Lipinski definition) is 3. The van der Waals surface area contributed by atoms with Crippen molar-refractivity contribution in [3.63, 3.8) is 0 Å². The number of fused-ring (bicyclic) bond motifs is 1. The van der Waals surface area contributed by atoms with Crippen molar-refractivity contribution in [2.45, 2.75) is 6.42 Å². The van der Waals surface area contributed by atoms with Gasteiger partial charge in [0.1, 0.15) is 0 Å². The zero-order valence-electron chi connectivity index (χ0n) is 11.3. The summed E-state index contributed by atoms with van der Waals surface area (Å²) in [5, 5.41) is 12.3. The van der Waals surface area contributed by atoms with Crippen LogP contribution < -0.4 is 11.1 Å². The van der Waals surface area contributed by atoms with Gasteiger partial charge in [0.25, 0.3) is 0 Å². The Bertz CT molecular complexity index is 785. The summed E-state index contributed by atoms with van der Waals surface area (Å²) in [5.41, 5.74) is 9.99. The summed E-state index contributed by atoms with van der Waals surface area (Å²) in [4.78, 5) is 11.0. The van der Waals surface area contributed by atoms with Crippen molar-refractivity contribution in [3.05, 3.63) is 58.7 Å². The monoisotopic (exact) mass is 278 g/mol. The summed E-state index contributed by atoms with van der Waals surface area (Å²) in [7, 11) is 0. The normalized spacial score (nSPS) is 12.0. The van der Waals surface area contributed by atoms with E-state index in [4.69, 9.17) is 10.8 Å². The van der Waals surface area contributed by atoms with Crippen LogP contribution in [-0.4, -0.2) is 17.6 Å². The molecule has 4 nitrogen and oxygen atoms in total. The van der Waals surface area contributed by atoms with E-state index in [1.165, 1.54) is 11.6 Å². The molecule has 0 fully saturated rings. The molecule has 0 spiro atoms. The molecule has 0 aliphatic carbocycles. The molecule has 4 heteroatoms. The number of nitrogens with two attached hydrogens (primary N) is 1. The van der Waals surface area contributed by atoms with Gasteiger partial charge in [-0.15, -0.1) is 0 Å². The summed E-state index contributed by atoms with van der Waals surface area (Å²) in [5.74, 6) is 4.96. The number of carbonyl (C=O) groups is 1. The smallest absolute Gasteiger partial charge is 0.337 e. The van der Waals surface area contributed by atoms with E-state index in [1.807, 2.05) is 12.1 Å². The quantitative estimate of drug-likeness (QED) is 0.553. The van der Waals surface area contributed by atoms with Gasteiger partial charge in [0.15, 0.2) is 0 Å². The van der Waals surface area contributed by atoms with E-state index in [0.29, 0.717) is 5.56 Å². The third kappa shape index (κ3) is 2.54. The maximum atomic E-state index is 11.0. The fourth-order valence-electron chi connectivity index (χ4n) is 2.38. The van der Waals surface area contributed by atoms with E-state index in [2.05, 4.69) is 23.2 Å². The number of nitrogen functional groups attached to an aromatic ring is 1. The number of carboxylic acids is 1. The number of para-hydroxylation sites is 1. The van der Waals surface area contributed by atoms with Crippen LogP contribution in [0, 0.1) is 11.8 Å². The van der Waals surface area contributed by atoms with Crippen molar-refractivity contribution in [2.24, 2.45) is 0 Å². The van der Waals surface area contributed by atoms with Gasteiger partial charge in [-0.3, -0.25) is 0 Å². The second-order valence-corrected chi connectivity index (χ2v) is 4.87. The number of benzene rings is 2. The minimum Gasteiger partial charge on any atom is -0.478 e. The molecule has 0 amide bonds. The minimum atomic E-state index is -1.04. The maximum Gasteiger partial charge on any atom is 0.337 e. The van der Waals surface area contributed by atoms with Gasteiger partial charge in [-0.05, 0) is 42.3 Å². The van der Waals surface area contributed by atoms with Crippen molar-refractivity contribution in [2.75, 3.05) is 17.6 Å². The van der Waals surface area contributed by atoms with Crippen molar-refractivity contribution in [3.8, 4) is 11.8 Å². The molecule has 1 aliphatic rings. The van der Waals surface area contributed by atoms with Gasteiger partial charge in [-0.1, -0.05) is 17.9 Å². The average Bonchev–Trinajstić information content (AvgIpc) is 2.93. The molecule has 4 N–H and O–H groups in total. The number of carboxylic acid groups (broad SMARTS) is 1. The molecule has 1 heterocycles. The van der Waals surface area contributed by atoms with Gasteiger partial charge >= 0.3 is 5.97 Å². The summed E-state index contributed by atoms with van der Waals surface area (Å²) in [6, 6.07) is 10.9. The van der Waals surface area contributed by atoms with Crippen LogP contribution in [0.15, 0.2) is 36.4 Å². The number of rotatable bonds is 1. The molecule has 21 heavy (non-hydrogen) atoms. The second-order valence-electron chi connectivity index (χ2n) is 4.87. The molecular formula is C17H14N2O2. The highest BCUT2D eigenvalue weighted by Crippen LogP contribution is 2.23. The van der Waals surface area contributed by atoms with Crippen molar-refractivity contribution in [1.29, 1.82) is 0 Å². The van der Waals surface area contributed by atoms with Crippen LogP contribution in [0.2, 0.25) is 0 Å². The minimum absolute atomic E-state index is 0.0833. The molecular weight excluding hydrogens is 264 g/mol. The average molecular weight is 278 g/mol. The highest BCUT2D eigenvalue weighted by Gasteiger charge is 2.10. The highest BCUT2D eigenvalue weighted by molar-refractivity contribution is 5.95. The molecule has 0 saturated carbocycles. The first-order chi connectivity index (χ1) is 10.1. The van der Waals surface area contributed by atoms with Crippen LogP contribution in [0.25, 0.3) is 0 Å². The van der Waals surface area contributed by atoms with Gasteiger partial charge in [-0.25, -0.2) is 4.79 Å².